The van der Waals surface area contributed by atoms with Crippen LogP contribution in [-0.2, 0) is 12.8 Å². The Kier molecular flexibility index (Phi) is 3.66. The lowest BCUT2D eigenvalue weighted by Crippen LogP contribution is -2.39. The van der Waals surface area contributed by atoms with Gasteiger partial charge in [-0.1, -0.05) is 19.1 Å². The monoisotopic (exact) mass is 298 g/mol. The van der Waals surface area contributed by atoms with Crippen LogP contribution in [0.15, 0.2) is 24.3 Å². The van der Waals surface area contributed by atoms with E-state index in [9.17, 15) is 4.79 Å². The van der Waals surface area contributed by atoms with Gasteiger partial charge in [-0.3, -0.25) is 4.79 Å². The third kappa shape index (κ3) is 2.36. The van der Waals surface area contributed by atoms with Crippen LogP contribution < -0.4 is 15.4 Å². The van der Waals surface area contributed by atoms with E-state index in [0.29, 0.717) is 24.2 Å². The number of hydrogen-bond acceptors (Lipinski definition) is 5. The van der Waals surface area contributed by atoms with Crippen molar-refractivity contribution in [3.63, 3.8) is 0 Å². The number of amides is 1. The SMILES string of the molecule is CCc1ccc(N2CCc3nc(OC)nc(N)c3C2=O)cc1. The molecule has 0 spiro atoms. The molecule has 2 aromatic rings. The summed E-state index contributed by atoms with van der Waals surface area (Å²) in [5, 5.41) is 0. The quantitative estimate of drug-likeness (QED) is 0.935. The van der Waals surface area contributed by atoms with Gasteiger partial charge in [-0.2, -0.15) is 9.97 Å². The number of ether oxygens (including phenoxy) is 1. The largest absolute Gasteiger partial charge is 0.467 e. The first-order chi connectivity index (χ1) is 10.6. The van der Waals surface area contributed by atoms with Gasteiger partial charge in [0.25, 0.3) is 5.91 Å². The van der Waals surface area contributed by atoms with Gasteiger partial charge < -0.3 is 15.4 Å². The lowest BCUT2D eigenvalue weighted by Gasteiger charge is -2.28. The molecule has 2 N–H and O–H groups in total. The molecule has 6 nitrogen and oxygen atoms in total. The molecule has 3 rings (SSSR count). The first-order valence-electron chi connectivity index (χ1n) is 7.25. The molecule has 0 saturated heterocycles. The summed E-state index contributed by atoms with van der Waals surface area (Å²) in [5.41, 5.74) is 9.05. The van der Waals surface area contributed by atoms with E-state index in [-0.39, 0.29) is 17.7 Å². The predicted molar refractivity (Wildman–Crippen MR) is 84.2 cm³/mol. The Morgan fingerprint density at radius 3 is 2.64 bits per heavy atom. The molecule has 0 bridgehead atoms. The number of carbonyl (C=O) groups excluding carboxylic acids is 1. The minimum absolute atomic E-state index is 0.161. The summed E-state index contributed by atoms with van der Waals surface area (Å²) in [6, 6.07) is 8.19. The highest BCUT2D eigenvalue weighted by molar-refractivity contribution is 6.10. The van der Waals surface area contributed by atoms with Gasteiger partial charge in [-0.05, 0) is 24.1 Å². The molecule has 114 valence electrons. The smallest absolute Gasteiger partial charge is 0.318 e. The normalized spacial score (nSPS) is 13.9. The van der Waals surface area contributed by atoms with Crippen LogP contribution in [0.1, 0.15) is 28.5 Å². The van der Waals surface area contributed by atoms with Crippen LogP contribution in [0, 0.1) is 0 Å². The van der Waals surface area contributed by atoms with E-state index in [1.165, 1.54) is 12.7 Å². The molecule has 22 heavy (non-hydrogen) atoms. The Morgan fingerprint density at radius 2 is 2.00 bits per heavy atom. The van der Waals surface area contributed by atoms with Crippen LogP contribution in [0.4, 0.5) is 11.5 Å². The highest BCUT2D eigenvalue weighted by Crippen LogP contribution is 2.27. The number of benzene rings is 1. The molecule has 0 unspecified atom stereocenters. The van der Waals surface area contributed by atoms with Gasteiger partial charge in [0, 0.05) is 18.7 Å². The second-order valence-corrected chi connectivity index (χ2v) is 5.14. The van der Waals surface area contributed by atoms with Crippen molar-refractivity contribution in [1.82, 2.24) is 9.97 Å². The molecule has 0 fully saturated rings. The highest BCUT2D eigenvalue weighted by atomic mass is 16.5. The summed E-state index contributed by atoms with van der Waals surface area (Å²) in [6.07, 6.45) is 1.59. The molecule has 1 aliphatic rings. The van der Waals surface area contributed by atoms with Gasteiger partial charge in [-0.15, -0.1) is 0 Å². The maximum absolute atomic E-state index is 12.7. The van der Waals surface area contributed by atoms with Crippen LogP contribution in [0.5, 0.6) is 6.01 Å². The van der Waals surface area contributed by atoms with E-state index >= 15 is 0 Å². The maximum atomic E-state index is 12.7. The zero-order valence-corrected chi connectivity index (χ0v) is 12.7. The zero-order valence-electron chi connectivity index (χ0n) is 12.7. The number of aryl methyl sites for hydroxylation is 1. The fourth-order valence-corrected chi connectivity index (χ4v) is 2.62. The minimum atomic E-state index is -0.161. The topological polar surface area (TPSA) is 81.3 Å². The summed E-state index contributed by atoms with van der Waals surface area (Å²) in [7, 11) is 1.48. The third-order valence-corrected chi connectivity index (χ3v) is 3.86. The number of fused-ring (bicyclic) bond motifs is 1. The maximum Gasteiger partial charge on any atom is 0.318 e. The average Bonchev–Trinajstić information content (AvgIpc) is 2.55. The fourth-order valence-electron chi connectivity index (χ4n) is 2.62. The van der Waals surface area contributed by atoms with Crippen LogP contribution in [-0.4, -0.2) is 29.5 Å². The van der Waals surface area contributed by atoms with Crippen LogP contribution in [0.2, 0.25) is 0 Å². The Balaban J connectivity index is 1.96. The molecule has 1 aromatic carbocycles. The summed E-state index contributed by atoms with van der Waals surface area (Å²) < 4.78 is 5.01. The molecule has 1 aliphatic heterocycles. The number of rotatable bonds is 3. The van der Waals surface area contributed by atoms with E-state index in [1.807, 2.05) is 24.3 Å². The van der Waals surface area contributed by atoms with E-state index in [4.69, 9.17) is 10.5 Å². The van der Waals surface area contributed by atoms with Crippen molar-refractivity contribution in [3.8, 4) is 6.01 Å². The number of anilines is 2. The zero-order chi connectivity index (χ0) is 15.7. The third-order valence-electron chi connectivity index (χ3n) is 3.86. The molecule has 0 saturated carbocycles. The standard InChI is InChI=1S/C16H18N4O2/c1-3-10-4-6-11(7-5-10)20-9-8-12-13(15(20)21)14(17)19-16(18-12)22-2/h4-7H,3,8-9H2,1-2H3,(H2,17,18,19). The molecular weight excluding hydrogens is 280 g/mol. The second kappa shape index (κ2) is 5.63. The molecule has 6 heteroatoms. The number of nitrogen functional groups attached to an aromatic ring is 1. The highest BCUT2D eigenvalue weighted by Gasteiger charge is 2.30. The van der Waals surface area contributed by atoms with Crippen molar-refractivity contribution in [2.24, 2.45) is 0 Å². The van der Waals surface area contributed by atoms with Gasteiger partial charge in [0.2, 0.25) is 0 Å². The molecular formula is C16H18N4O2. The molecule has 0 radical (unpaired) electrons. The lowest BCUT2D eigenvalue weighted by molar-refractivity contribution is 0.0980. The van der Waals surface area contributed by atoms with Gasteiger partial charge in [0.05, 0.1) is 12.8 Å². The number of carbonyl (C=O) groups is 1. The Bertz CT molecular complexity index is 713. The van der Waals surface area contributed by atoms with Crippen molar-refractivity contribution in [2.45, 2.75) is 19.8 Å². The first kappa shape index (κ1) is 14.3. The van der Waals surface area contributed by atoms with E-state index in [2.05, 4.69) is 16.9 Å². The second-order valence-electron chi connectivity index (χ2n) is 5.14. The van der Waals surface area contributed by atoms with Crippen molar-refractivity contribution < 1.29 is 9.53 Å². The van der Waals surface area contributed by atoms with Crippen LogP contribution in [0.25, 0.3) is 0 Å². The summed E-state index contributed by atoms with van der Waals surface area (Å²) in [5.74, 6) is 0.00683. The average molecular weight is 298 g/mol. The Labute approximate surface area is 128 Å². The van der Waals surface area contributed by atoms with Crippen LogP contribution in [0.3, 0.4) is 0 Å². The summed E-state index contributed by atoms with van der Waals surface area (Å²) in [4.78, 5) is 22.7. The predicted octanol–water partition coefficient (Wildman–Crippen LogP) is 1.83. The van der Waals surface area contributed by atoms with Crippen molar-refractivity contribution in [1.29, 1.82) is 0 Å². The molecule has 0 aliphatic carbocycles. The lowest BCUT2D eigenvalue weighted by atomic mass is 10.0. The minimum Gasteiger partial charge on any atom is -0.467 e. The van der Waals surface area contributed by atoms with E-state index < -0.39 is 0 Å². The van der Waals surface area contributed by atoms with Gasteiger partial charge in [-0.25, -0.2) is 0 Å². The molecule has 1 amide bonds. The number of nitrogens with two attached hydrogens (primary N) is 1. The van der Waals surface area contributed by atoms with E-state index in [1.54, 1.807) is 4.90 Å². The number of hydrogen-bond donors (Lipinski definition) is 1. The number of methoxy groups -OCH3 is 1. The molecule has 2 heterocycles. The number of nitrogens with zero attached hydrogens (tertiary/aromatic N) is 3. The molecule has 0 atom stereocenters. The Morgan fingerprint density at radius 1 is 1.27 bits per heavy atom. The van der Waals surface area contributed by atoms with E-state index in [0.717, 1.165) is 12.1 Å². The van der Waals surface area contributed by atoms with Gasteiger partial charge in [0.1, 0.15) is 11.4 Å². The van der Waals surface area contributed by atoms with Crippen molar-refractivity contribution in [2.75, 3.05) is 24.3 Å². The Hall–Kier alpha value is -2.63. The summed E-state index contributed by atoms with van der Waals surface area (Å²) in [6.45, 7) is 2.67. The number of aromatic nitrogens is 2. The van der Waals surface area contributed by atoms with Crippen molar-refractivity contribution >= 4 is 17.4 Å². The first-order valence-corrected chi connectivity index (χ1v) is 7.25. The van der Waals surface area contributed by atoms with Gasteiger partial charge >= 0.3 is 6.01 Å². The van der Waals surface area contributed by atoms with Crippen molar-refractivity contribution in [3.05, 3.63) is 41.1 Å². The summed E-state index contributed by atoms with van der Waals surface area (Å²) >= 11 is 0. The van der Waals surface area contributed by atoms with Crippen LogP contribution >= 0.6 is 0 Å². The van der Waals surface area contributed by atoms with Gasteiger partial charge in [0.15, 0.2) is 0 Å². The molecule has 1 aromatic heterocycles. The fraction of sp³-hybridized carbons (Fsp3) is 0.312.